The average Bonchev–Trinajstić information content (AvgIpc) is 3.11. The maximum absolute atomic E-state index is 12.7. The third kappa shape index (κ3) is 2.24. The Morgan fingerprint density at radius 1 is 1.32 bits per heavy atom. The summed E-state index contributed by atoms with van der Waals surface area (Å²) in [4.78, 5) is 21.9. The highest BCUT2D eigenvalue weighted by atomic mass is 79.9. The molecule has 100 valence electrons. The van der Waals surface area contributed by atoms with Crippen molar-refractivity contribution in [2.45, 2.75) is 24.9 Å². The van der Waals surface area contributed by atoms with Crippen LogP contribution in [0.15, 0.2) is 15.3 Å². The summed E-state index contributed by atoms with van der Waals surface area (Å²) in [6, 6.07) is 1.10. The van der Waals surface area contributed by atoms with Gasteiger partial charge < -0.3 is 4.98 Å². The van der Waals surface area contributed by atoms with E-state index in [1.807, 2.05) is 0 Å². The molecular weight excluding hydrogens is 327 g/mol. The predicted octanol–water partition coefficient (Wildman–Crippen LogP) is 2.98. The number of fused-ring (bicyclic) bond motifs is 1. The summed E-state index contributed by atoms with van der Waals surface area (Å²) in [5.41, 5.74) is -1.70. The number of pyridine rings is 1. The second-order valence-electron chi connectivity index (χ2n) is 4.41. The van der Waals surface area contributed by atoms with E-state index in [4.69, 9.17) is 0 Å². The molecule has 0 aliphatic heterocycles. The Hall–Kier alpha value is -1.44. The van der Waals surface area contributed by atoms with Gasteiger partial charge in [-0.25, -0.2) is 9.97 Å². The van der Waals surface area contributed by atoms with Gasteiger partial charge in [0.15, 0.2) is 11.3 Å². The fourth-order valence-electron chi connectivity index (χ4n) is 1.81. The minimum Gasteiger partial charge on any atom is -0.310 e. The largest absolute Gasteiger partial charge is 0.434 e. The van der Waals surface area contributed by atoms with E-state index in [0.29, 0.717) is 5.82 Å². The number of nitrogens with one attached hydrogen (secondary N) is 1. The lowest BCUT2D eigenvalue weighted by atomic mass is 10.2. The first-order valence-corrected chi connectivity index (χ1v) is 6.33. The molecule has 0 spiro atoms. The molecule has 0 unspecified atom stereocenters. The van der Waals surface area contributed by atoms with Crippen molar-refractivity contribution in [2.24, 2.45) is 0 Å². The van der Waals surface area contributed by atoms with Crippen molar-refractivity contribution in [3.63, 3.8) is 0 Å². The first kappa shape index (κ1) is 12.6. The lowest BCUT2D eigenvalue weighted by molar-refractivity contribution is -0.141. The molecule has 1 N–H and O–H groups in total. The summed E-state index contributed by atoms with van der Waals surface area (Å²) in [7, 11) is 0. The molecule has 1 aliphatic rings. The number of halogens is 4. The van der Waals surface area contributed by atoms with Crippen LogP contribution >= 0.6 is 15.9 Å². The molecule has 1 saturated carbocycles. The highest BCUT2D eigenvalue weighted by Gasteiger charge is 2.36. The Morgan fingerprint density at radius 2 is 2.00 bits per heavy atom. The molecule has 2 aromatic rings. The van der Waals surface area contributed by atoms with Gasteiger partial charge in [-0.15, -0.1) is 0 Å². The van der Waals surface area contributed by atoms with E-state index in [0.717, 1.165) is 18.9 Å². The van der Waals surface area contributed by atoms with Crippen molar-refractivity contribution in [3.05, 3.63) is 32.4 Å². The zero-order valence-electron chi connectivity index (χ0n) is 9.38. The van der Waals surface area contributed by atoms with Gasteiger partial charge in [0, 0.05) is 10.4 Å². The van der Waals surface area contributed by atoms with Gasteiger partial charge >= 0.3 is 6.18 Å². The Morgan fingerprint density at radius 3 is 2.58 bits per heavy atom. The number of H-pyrrole nitrogens is 1. The molecule has 2 aromatic heterocycles. The number of hydrogen-bond donors (Lipinski definition) is 1. The van der Waals surface area contributed by atoms with Gasteiger partial charge in [-0.3, -0.25) is 4.79 Å². The number of aromatic amines is 1. The Balaban J connectivity index is 2.28. The zero-order valence-corrected chi connectivity index (χ0v) is 11.0. The lowest BCUT2D eigenvalue weighted by Crippen LogP contribution is -2.15. The molecule has 1 fully saturated rings. The van der Waals surface area contributed by atoms with Crippen molar-refractivity contribution in [1.82, 2.24) is 15.0 Å². The number of alkyl halides is 3. The lowest BCUT2D eigenvalue weighted by Gasteiger charge is -2.09. The third-order valence-electron chi connectivity index (χ3n) is 2.90. The molecule has 8 heteroatoms. The summed E-state index contributed by atoms with van der Waals surface area (Å²) in [6.45, 7) is 0. The van der Waals surface area contributed by atoms with Gasteiger partial charge in [0.05, 0.1) is 5.39 Å². The Bertz CT molecular complexity index is 721. The monoisotopic (exact) mass is 333 g/mol. The standard InChI is InChI=1S/C11H7BrF3N3O/c12-6-3-5-9(16-7(6)11(13,14)15)17-8(4-1-2-4)18-10(5)19/h3-4H,1-2H2,(H,16,17,18,19). The molecule has 3 rings (SSSR count). The van der Waals surface area contributed by atoms with Crippen LogP contribution in [0, 0.1) is 0 Å². The summed E-state index contributed by atoms with van der Waals surface area (Å²) in [5, 5.41) is 0.0456. The van der Waals surface area contributed by atoms with Crippen LogP contribution in [-0.4, -0.2) is 15.0 Å². The second kappa shape index (κ2) is 4.03. The van der Waals surface area contributed by atoms with Crippen LogP contribution in [0.25, 0.3) is 11.0 Å². The number of rotatable bonds is 1. The number of aromatic nitrogens is 3. The van der Waals surface area contributed by atoms with E-state index in [9.17, 15) is 18.0 Å². The van der Waals surface area contributed by atoms with Crippen LogP contribution in [0.2, 0.25) is 0 Å². The van der Waals surface area contributed by atoms with E-state index in [2.05, 4.69) is 30.9 Å². The maximum atomic E-state index is 12.7. The van der Waals surface area contributed by atoms with Gasteiger partial charge in [-0.2, -0.15) is 13.2 Å². The van der Waals surface area contributed by atoms with Gasteiger partial charge in [-0.05, 0) is 34.8 Å². The maximum Gasteiger partial charge on any atom is 0.434 e. The topological polar surface area (TPSA) is 58.6 Å². The van der Waals surface area contributed by atoms with Crippen LogP contribution in [0.3, 0.4) is 0 Å². The van der Waals surface area contributed by atoms with Crippen LogP contribution in [0.5, 0.6) is 0 Å². The van der Waals surface area contributed by atoms with E-state index < -0.39 is 17.4 Å². The van der Waals surface area contributed by atoms with Crippen molar-refractivity contribution in [3.8, 4) is 0 Å². The van der Waals surface area contributed by atoms with Gasteiger partial charge in [0.2, 0.25) is 0 Å². The fourth-order valence-corrected chi connectivity index (χ4v) is 2.35. The molecule has 2 heterocycles. The highest BCUT2D eigenvalue weighted by molar-refractivity contribution is 9.10. The van der Waals surface area contributed by atoms with Gasteiger partial charge in [-0.1, -0.05) is 0 Å². The predicted molar refractivity (Wildman–Crippen MR) is 64.8 cm³/mol. The third-order valence-corrected chi connectivity index (χ3v) is 3.51. The minimum atomic E-state index is -4.59. The first-order valence-electron chi connectivity index (χ1n) is 5.54. The normalized spacial score (nSPS) is 16.0. The van der Waals surface area contributed by atoms with Crippen LogP contribution in [0.1, 0.15) is 30.3 Å². The molecule has 0 aromatic carbocycles. The molecule has 0 radical (unpaired) electrons. The fraction of sp³-hybridized carbons (Fsp3) is 0.364. The molecule has 0 bridgehead atoms. The van der Waals surface area contributed by atoms with Gasteiger partial charge in [0.25, 0.3) is 5.56 Å². The van der Waals surface area contributed by atoms with E-state index >= 15 is 0 Å². The molecule has 0 amide bonds. The SMILES string of the molecule is O=c1[nH]c(C2CC2)nc2nc(C(F)(F)F)c(Br)cc12. The summed E-state index contributed by atoms with van der Waals surface area (Å²) in [6.07, 6.45) is -2.81. The summed E-state index contributed by atoms with van der Waals surface area (Å²) in [5.74, 6) is 0.553. The highest BCUT2D eigenvalue weighted by Crippen LogP contribution is 2.38. The molecular formula is C11H7BrF3N3O. The van der Waals surface area contributed by atoms with E-state index in [1.165, 1.54) is 0 Å². The molecule has 0 atom stereocenters. The Kier molecular flexibility index (Phi) is 2.67. The average molecular weight is 334 g/mol. The number of nitrogens with zero attached hydrogens (tertiary/aromatic N) is 2. The van der Waals surface area contributed by atoms with E-state index in [1.54, 1.807) is 0 Å². The smallest absolute Gasteiger partial charge is 0.310 e. The molecule has 19 heavy (non-hydrogen) atoms. The minimum absolute atomic E-state index is 0.0456. The molecule has 0 saturated heterocycles. The summed E-state index contributed by atoms with van der Waals surface area (Å²) >= 11 is 2.78. The van der Waals surface area contributed by atoms with Crippen molar-refractivity contribution in [2.75, 3.05) is 0 Å². The van der Waals surface area contributed by atoms with E-state index in [-0.39, 0.29) is 21.4 Å². The van der Waals surface area contributed by atoms with Crippen LogP contribution < -0.4 is 5.56 Å². The zero-order chi connectivity index (χ0) is 13.8. The first-order chi connectivity index (χ1) is 8.86. The van der Waals surface area contributed by atoms with Crippen LogP contribution in [-0.2, 0) is 6.18 Å². The Labute approximate surface area is 113 Å². The quantitative estimate of drug-likeness (QED) is 0.872. The van der Waals surface area contributed by atoms with Gasteiger partial charge in [0.1, 0.15) is 5.82 Å². The van der Waals surface area contributed by atoms with Crippen LogP contribution in [0.4, 0.5) is 13.2 Å². The molecule has 4 nitrogen and oxygen atoms in total. The van der Waals surface area contributed by atoms with Crippen molar-refractivity contribution < 1.29 is 13.2 Å². The van der Waals surface area contributed by atoms with Crippen molar-refractivity contribution in [1.29, 1.82) is 0 Å². The molecule has 1 aliphatic carbocycles. The second-order valence-corrected chi connectivity index (χ2v) is 5.27. The van der Waals surface area contributed by atoms with Crippen molar-refractivity contribution >= 4 is 27.0 Å². The summed E-state index contributed by atoms with van der Waals surface area (Å²) < 4.78 is 38.0. The number of hydrogen-bond acceptors (Lipinski definition) is 3.